The third kappa shape index (κ3) is 4.10. The van der Waals surface area contributed by atoms with Gasteiger partial charge in [0.25, 0.3) is 5.91 Å². The molecule has 2 aromatic heterocycles. The number of benzene rings is 2. The number of phenolic OH excluding ortho intramolecular Hbond substituents is 1. The van der Waals surface area contributed by atoms with Crippen molar-refractivity contribution < 1.29 is 14.6 Å². The Morgan fingerprint density at radius 3 is 2.77 bits per heavy atom. The summed E-state index contributed by atoms with van der Waals surface area (Å²) in [5.41, 5.74) is 1.89. The summed E-state index contributed by atoms with van der Waals surface area (Å²) in [7, 11) is 0. The van der Waals surface area contributed by atoms with Gasteiger partial charge in [-0.1, -0.05) is 29.8 Å². The van der Waals surface area contributed by atoms with Gasteiger partial charge in [0.2, 0.25) is 0 Å². The number of thiophene rings is 1. The van der Waals surface area contributed by atoms with Gasteiger partial charge in [-0.15, -0.1) is 11.3 Å². The lowest BCUT2D eigenvalue weighted by atomic mass is 9.99. The molecular weight excluding hydrogens is 420 g/mol. The number of hydrogen-bond acceptors (Lipinski definition) is 5. The minimum Gasteiger partial charge on any atom is -0.505 e. The number of hydrogen-bond donors (Lipinski definition) is 2. The van der Waals surface area contributed by atoms with Crippen LogP contribution in [0.4, 0.5) is 0 Å². The summed E-state index contributed by atoms with van der Waals surface area (Å²) in [6.45, 7) is 1.81. The van der Waals surface area contributed by atoms with Crippen molar-refractivity contribution in [1.82, 2.24) is 10.3 Å². The summed E-state index contributed by atoms with van der Waals surface area (Å²) in [5.74, 6) is 0.294. The molecule has 2 N–H and O–H groups in total. The summed E-state index contributed by atoms with van der Waals surface area (Å²) in [6.07, 6.45) is 1.60. The number of aromatic nitrogens is 1. The van der Waals surface area contributed by atoms with Gasteiger partial charge < -0.3 is 15.2 Å². The molecule has 1 atom stereocenters. The van der Waals surface area contributed by atoms with Crippen LogP contribution in [0.5, 0.6) is 11.5 Å². The fourth-order valence-electron chi connectivity index (χ4n) is 3.26. The smallest absolute Gasteiger partial charge is 0.258 e. The molecule has 0 aliphatic rings. The van der Waals surface area contributed by atoms with Crippen LogP contribution in [0.3, 0.4) is 0 Å². The zero-order valence-electron chi connectivity index (χ0n) is 16.1. The van der Waals surface area contributed by atoms with Crippen molar-refractivity contribution in [2.75, 3.05) is 6.61 Å². The van der Waals surface area contributed by atoms with E-state index in [1.54, 1.807) is 36.5 Å². The number of pyridine rings is 1. The van der Waals surface area contributed by atoms with E-state index in [2.05, 4.69) is 10.3 Å². The zero-order valence-corrected chi connectivity index (χ0v) is 17.7. The van der Waals surface area contributed by atoms with E-state index in [9.17, 15) is 9.90 Å². The van der Waals surface area contributed by atoms with Gasteiger partial charge in [-0.2, -0.15) is 0 Å². The van der Waals surface area contributed by atoms with E-state index in [1.165, 1.54) is 11.3 Å². The Labute approximate surface area is 182 Å². The minimum atomic E-state index is -0.583. The fraction of sp³-hybridized carbons (Fsp3) is 0.130. The van der Waals surface area contributed by atoms with Crippen LogP contribution in [0, 0.1) is 6.92 Å². The van der Waals surface area contributed by atoms with Gasteiger partial charge >= 0.3 is 0 Å². The second-order valence-corrected chi connectivity index (χ2v) is 8.12. The third-order valence-corrected chi connectivity index (χ3v) is 6.13. The second kappa shape index (κ2) is 8.73. The predicted molar refractivity (Wildman–Crippen MR) is 119 cm³/mol. The molecule has 0 radical (unpaired) electrons. The molecule has 0 fully saturated rings. The Morgan fingerprint density at radius 1 is 1.23 bits per heavy atom. The first-order valence-corrected chi connectivity index (χ1v) is 10.6. The summed E-state index contributed by atoms with van der Waals surface area (Å²) < 4.78 is 5.57. The maximum Gasteiger partial charge on any atom is 0.258 e. The molecule has 1 unspecified atom stereocenters. The maximum absolute atomic E-state index is 12.7. The molecule has 0 saturated heterocycles. The number of carbonyl (C=O) groups excluding carboxylic acids is 1. The highest BCUT2D eigenvalue weighted by Crippen LogP contribution is 2.40. The van der Waals surface area contributed by atoms with Gasteiger partial charge in [-0.05, 0) is 54.3 Å². The van der Waals surface area contributed by atoms with Gasteiger partial charge in [0, 0.05) is 22.0 Å². The second-order valence-electron chi connectivity index (χ2n) is 6.77. The van der Waals surface area contributed by atoms with E-state index in [-0.39, 0.29) is 18.3 Å². The summed E-state index contributed by atoms with van der Waals surface area (Å²) >= 11 is 7.97. The summed E-state index contributed by atoms with van der Waals surface area (Å²) in [5, 5.41) is 17.0. The van der Waals surface area contributed by atoms with Crippen molar-refractivity contribution in [2.24, 2.45) is 0 Å². The van der Waals surface area contributed by atoms with E-state index in [0.717, 1.165) is 10.4 Å². The Morgan fingerprint density at radius 2 is 2.03 bits per heavy atom. The monoisotopic (exact) mass is 438 g/mol. The number of nitrogens with zero attached hydrogens (tertiary/aromatic N) is 1. The number of fused-ring (bicyclic) bond motifs is 1. The number of halogens is 1. The van der Waals surface area contributed by atoms with Gasteiger partial charge in [-0.3, -0.25) is 9.78 Å². The molecule has 0 spiro atoms. The SMILES string of the molecule is Cc1ccsc1C(NC(=O)COc1ccccc1)c1cc(Cl)c2cccnc2c1O. The van der Waals surface area contributed by atoms with Crippen molar-refractivity contribution in [1.29, 1.82) is 0 Å². The number of carbonyl (C=O) groups is 1. The first-order chi connectivity index (χ1) is 14.5. The van der Waals surface area contributed by atoms with E-state index in [1.807, 2.05) is 36.6 Å². The number of para-hydroxylation sites is 1. The molecular formula is C23H19ClN2O3S. The van der Waals surface area contributed by atoms with Crippen LogP contribution in [-0.2, 0) is 4.79 Å². The van der Waals surface area contributed by atoms with E-state index >= 15 is 0 Å². The van der Waals surface area contributed by atoms with Gasteiger partial charge in [0.15, 0.2) is 6.61 Å². The standard InChI is InChI=1S/C23H19ClN2O3S/c1-14-9-11-30-23(14)21(26-19(27)13-29-15-6-3-2-4-7-15)17-12-18(24)16-8-5-10-25-20(16)22(17)28/h2-12,21,28H,13H2,1H3,(H,26,27). The highest BCUT2D eigenvalue weighted by atomic mass is 35.5. The number of phenols is 1. The number of ether oxygens (including phenoxy) is 1. The molecule has 0 aliphatic carbocycles. The quantitative estimate of drug-likeness (QED) is 0.431. The topological polar surface area (TPSA) is 71.5 Å². The number of nitrogens with one attached hydrogen (secondary N) is 1. The lowest BCUT2D eigenvalue weighted by Gasteiger charge is -2.21. The number of aryl methyl sites for hydroxylation is 1. The van der Waals surface area contributed by atoms with Crippen LogP contribution in [0.25, 0.3) is 10.9 Å². The Hall–Kier alpha value is -3.09. The van der Waals surface area contributed by atoms with Crippen molar-refractivity contribution in [3.8, 4) is 11.5 Å². The highest BCUT2D eigenvalue weighted by molar-refractivity contribution is 7.10. The number of amides is 1. The summed E-state index contributed by atoms with van der Waals surface area (Å²) in [6, 6.07) is 15.8. The van der Waals surface area contributed by atoms with E-state index in [4.69, 9.17) is 16.3 Å². The molecule has 152 valence electrons. The van der Waals surface area contributed by atoms with Crippen LogP contribution in [0.2, 0.25) is 5.02 Å². The molecule has 2 heterocycles. The highest BCUT2D eigenvalue weighted by Gasteiger charge is 2.25. The van der Waals surface area contributed by atoms with Crippen LogP contribution in [0.15, 0.2) is 66.2 Å². The average Bonchev–Trinajstić information content (AvgIpc) is 3.19. The van der Waals surface area contributed by atoms with Gasteiger partial charge in [0.05, 0.1) is 11.1 Å². The van der Waals surface area contributed by atoms with Gasteiger partial charge in [0.1, 0.15) is 17.0 Å². The molecule has 0 bridgehead atoms. The lowest BCUT2D eigenvalue weighted by molar-refractivity contribution is -0.123. The largest absolute Gasteiger partial charge is 0.505 e. The Balaban J connectivity index is 1.68. The maximum atomic E-state index is 12.7. The van der Waals surface area contributed by atoms with Crippen LogP contribution in [-0.4, -0.2) is 22.6 Å². The third-order valence-electron chi connectivity index (χ3n) is 4.74. The van der Waals surface area contributed by atoms with Crippen molar-refractivity contribution in [3.63, 3.8) is 0 Å². The summed E-state index contributed by atoms with van der Waals surface area (Å²) in [4.78, 5) is 17.9. The Bertz CT molecular complexity index is 1190. The van der Waals surface area contributed by atoms with E-state index in [0.29, 0.717) is 27.2 Å². The van der Waals surface area contributed by atoms with Crippen LogP contribution < -0.4 is 10.1 Å². The predicted octanol–water partition coefficient (Wildman–Crippen LogP) is 5.25. The van der Waals surface area contributed by atoms with Crippen molar-refractivity contribution in [2.45, 2.75) is 13.0 Å². The molecule has 5 nitrogen and oxygen atoms in total. The van der Waals surface area contributed by atoms with E-state index < -0.39 is 6.04 Å². The average molecular weight is 439 g/mol. The van der Waals surface area contributed by atoms with Gasteiger partial charge in [-0.25, -0.2) is 0 Å². The Kier molecular flexibility index (Phi) is 5.88. The number of aromatic hydroxyl groups is 1. The molecule has 30 heavy (non-hydrogen) atoms. The molecule has 4 aromatic rings. The molecule has 2 aromatic carbocycles. The minimum absolute atomic E-state index is 0.00271. The molecule has 0 aliphatic heterocycles. The van der Waals surface area contributed by atoms with Crippen LogP contribution >= 0.6 is 22.9 Å². The fourth-order valence-corrected chi connectivity index (χ4v) is 4.52. The molecule has 4 rings (SSSR count). The normalized spacial score (nSPS) is 11.9. The lowest BCUT2D eigenvalue weighted by Crippen LogP contribution is -2.33. The first kappa shape index (κ1) is 20.2. The molecule has 7 heteroatoms. The van der Waals surface area contributed by atoms with Crippen molar-refractivity contribution in [3.05, 3.63) is 87.2 Å². The first-order valence-electron chi connectivity index (χ1n) is 9.32. The van der Waals surface area contributed by atoms with Crippen LogP contribution in [0.1, 0.15) is 22.0 Å². The zero-order chi connectivity index (χ0) is 21.1. The molecule has 1 amide bonds. The van der Waals surface area contributed by atoms with Crippen molar-refractivity contribution >= 4 is 39.7 Å². The molecule has 0 saturated carbocycles. The number of rotatable bonds is 6.